The van der Waals surface area contributed by atoms with Crippen molar-refractivity contribution in [1.82, 2.24) is 15.2 Å². The highest BCUT2D eigenvalue weighted by Gasteiger charge is 2.30. The maximum atomic E-state index is 13.3. The van der Waals surface area contributed by atoms with Crippen molar-refractivity contribution in [2.45, 2.75) is 38.3 Å². The molecule has 0 spiro atoms. The molecule has 2 heterocycles. The summed E-state index contributed by atoms with van der Waals surface area (Å²) in [6, 6.07) is 22.6. The molecule has 1 aliphatic rings. The quantitative estimate of drug-likeness (QED) is 0.550. The Morgan fingerprint density at radius 3 is 2.56 bits per heavy atom. The van der Waals surface area contributed by atoms with Crippen molar-refractivity contribution < 1.29 is 9.18 Å². The highest BCUT2D eigenvalue weighted by atomic mass is 19.1. The second-order valence-corrected chi connectivity index (χ2v) is 8.55. The number of rotatable bonds is 8. The van der Waals surface area contributed by atoms with Crippen molar-refractivity contribution >= 4 is 5.91 Å². The SMILES string of the molecule is O=C(CCc1ccccc1)N[C@H](c1ccccn1)[C@@H]1CCCN(Cc2ccc(F)cc2)C1. The molecule has 0 saturated carbocycles. The smallest absolute Gasteiger partial charge is 0.220 e. The Kier molecular flexibility index (Phi) is 7.62. The zero-order chi connectivity index (χ0) is 22.2. The molecular formula is C27H30FN3O. The lowest BCUT2D eigenvalue weighted by Gasteiger charge is -2.37. The summed E-state index contributed by atoms with van der Waals surface area (Å²) >= 11 is 0. The summed E-state index contributed by atoms with van der Waals surface area (Å²) in [6.45, 7) is 2.66. The normalized spacial score (nSPS) is 17.6. The number of likely N-dealkylation sites (tertiary alicyclic amines) is 1. The van der Waals surface area contributed by atoms with Gasteiger partial charge in [-0.2, -0.15) is 0 Å². The molecule has 0 bridgehead atoms. The molecule has 4 nitrogen and oxygen atoms in total. The van der Waals surface area contributed by atoms with Crippen LogP contribution in [0.15, 0.2) is 79.0 Å². The van der Waals surface area contributed by atoms with E-state index in [1.165, 1.54) is 17.7 Å². The van der Waals surface area contributed by atoms with Crippen molar-refractivity contribution in [3.05, 3.63) is 102 Å². The zero-order valence-corrected chi connectivity index (χ0v) is 18.3. The van der Waals surface area contributed by atoms with Gasteiger partial charge in [0, 0.05) is 25.7 Å². The molecule has 2 aromatic carbocycles. The average Bonchev–Trinajstić information content (AvgIpc) is 2.84. The van der Waals surface area contributed by atoms with E-state index in [0.717, 1.165) is 50.2 Å². The predicted octanol–water partition coefficient (Wildman–Crippen LogP) is 4.92. The molecule has 32 heavy (non-hydrogen) atoms. The molecule has 166 valence electrons. The maximum Gasteiger partial charge on any atom is 0.220 e. The Bertz CT molecular complexity index is 979. The number of hydrogen-bond acceptors (Lipinski definition) is 3. The van der Waals surface area contributed by atoms with Gasteiger partial charge in [0.25, 0.3) is 0 Å². The van der Waals surface area contributed by atoms with Crippen LogP contribution in [-0.4, -0.2) is 28.9 Å². The van der Waals surface area contributed by atoms with Crippen molar-refractivity contribution in [1.29, 1.82) is 0 Å². The molecule has 1 aliphatic heterocycles. The largest absolute Gasteiger partial charge is 0.347 e. The van der Waals surface area contributed by atoms with Crippen molar-refractivity contribution in [3.8, 4) is 0 Å². The third-order valence-corrected chi connectivity index (χ3v) is 6.14. The van der Waals surface area contributed by atoms with Crippen LogP contribution in [0.25, 0.3) is 0 Å². The lowest BCUT2D eigenvalue weighted by Crippen LogP contribution is -2.43. The first kappa shape index (κ1) is 22.2. The van der Waals surface area contributed by atoms with E-state index >= 15 is 0 Å². The van der Waals surface area contributed by atoms with E-state index in [-0.39, 0.29) is 23.7 Å². The number of pyridine rings is 1. The number of aromatic nitrogens is 1. The summed E-state index contributed by atoms with van der Waals surface area (Å²) in [5, 5.41) is 3.29. The standard InChI is InChI=1S/C27H30FN3O/c28-24-14-11-22(12-15-24)19-31-18-6-9-23(20-31)27(25-10-4-5-17-29-25)30-26(32)16-13-21-7-2-1-3-8-21/h1-5,7-8,10-12,14-15,17,23,27H,6,9,13,16,18-20H2,(H,30,32)/t23-,27+/m1/s1. The van der Waals surface area contributed by atoms with Crippen LogP contribution in [0.5, 0.6) is 0 Å². The van der Waals surface area contributed by atoms with E-state index in [9.17, 15) is 9.18 Å². The molecule has 3 aromatic rings. The highest BCUT2D eigenvalue weighted by Crippen LogP contribution is 2.30. The van der Waals surface area contributed by atoms with Crippen LogP contribution in [0.1, 0.15) is 42.1 Å². The first-order valence-electron chi connectivity index (χ1n) is 11.4. The number of carbonyl (C=O) groups is 1. The number of nitrogens with zero attached hydrogens (tertiary/aromatic N) is 2. The van der Waals surface area contributed by atoms with Crippen LogP contribution in [0, 0.1) is 11.7 Å². The fraction of sp³-hybridized carbons (Fsp3) is 0.333. The molecule has 1 saturated heterocycles. The summed E-state index contributed by atoms with van der Waals surface area (Å²) in [4.78, 5) is 19.8. The van der Waals surface area contributed by atoms with E-state index in [1.807, 2.05) is 48.5 Å². The van der Waals surface area contributed by atoms with Gasteiger partial charge in [0.2, 0.25) is 5.91 Å². The minimum Gasteiger partial charge on any atom is -0.347 e. The summed E-state index contributed by atoms with van der Waals surface area (Å²) < 4.78 is 13.3. The number of halogens is 1. The fourth-order valence-corrected chi connectivity index (χ4v) is 4.50. The van der Waals surface area contributed by atoms with Gasteiger partial charge in [-0.15, -0.1) is 0 Å². The minimum absolute atomic E-state index is 0.0557. The second-order valence-electron chi connectivity index (χ2n) is 8.55. The average molecular weight is 432 g/mol. The fourth-order valence-electron chi connectivity index (χ4n) is 4.50. The number of amides is 1. The van der Waals surface area contributed by atoms with E-state index in [2.05, 4.69) is 27.3 Å². The summed E-state index contributed by atoms with van der Waals surface area (Å²) in [5.41, 5.74) is 3.18. The molecule has 2 atom stereocenters. The molecule has 5 heteroatoms. The Morgan fingerprint density at radius 2 is 1.81 bits per heavy atom. The van der Waals surface area contributed by atoms with Crippen molar-refractivity contribution in [2.75, 3.05) is 13.1 Å². The summed E-state index contributed by atoms with van der Waals surface area (Å²) in [6.07, 6.45) is 5.08. The maximum absolute atomic E-state index is 13.3. The van der Waals surface area contributed by atoms with Gasteiger partial charge in [0.05, 0.1) is 11.7 Å². The lowest BCUT2D eigenvalue weighted by atomic mass is 9.88. The summed E-state index contributed by atoms with van der Waals surface area (Å²) in [7, 11) is 0. The third-order valence-electron chi connectivity index (χ3n) is 6.14. The van der Waals surface area contributed by atoms with Crippen LogP contribution in [0.3, 0.4) is 0 Å². The predicted molar refractivity (Wildman–Crippen MR) is 124 cm³/mol. The van der Waals surface area contributed by atoms with E-state index < -0.39 is 0 Å². The van der Waals surface area contributed by atoms with Crippen LogP contribution >= 0.6 is 0 Å². The molecule has 1 N–H and O–H groups in total. The Morgan fingerprint density at radius 1 is 1.03 bits per heavy atom. The Hall–Kier alpha value is -3.05. The third kappa shape index (κ3) is 6.24. The second kappa shape index (κ2) is 11.0. The van der Waals surface area contributed by atoms with Crippen LogP contribution in [0.4, 0.5) is 4.39 Å². The molecule has 0 radical (unpaired) electrons. The zero-order valence-electron chi connectivity index (χ0n) is 18.3. The Balaban J connectivity index is 1.42. The van der Waals surface area contributed by atoms with Crippen LogP contribution < -0.4 is 5.32 Å². The number of benzene rings is 2. The van der Waals surface area contributed by atoms with Crippen LogP contribution in [-0.2, 0) is 17.8 Å². The van der Waals surface area contributed by atoms with Crippen LogP contribution in [0.2, 0.25) is 0 Å². The van der Waals surface area contributed by atoms with Gasteiger partial charge in [-0.05, 0) is 67.1 Å². The number of carbonyl (C=O) groups excluding carboxylic acids is 1. The number of nitrogens with one attached hydrogen (secondary N) is 1. The van der Waals surface area contributed by atoms with Gasteiger partial charge >= 0.3 is 0 Å². The number of hydrogen-bond donors (Lipinski definition) is 1. The Labute approximate surface area is 189 Å². The highest BCUT2D eigenvalue weighted by molar-refractivity contribution is 5.76. The van der Waals surface area contributed by atoms with E-state index in [0.29, 0.717) is 6.42 Å². The van der Waals surface area contributed by atoms with Gasteiger partial charge in [-0.3, -0.25) is 14.7 Å². The summed E-state index contributed by atoms with van der Waals surface area (Å²) in [5.74, 6) is 0.124. The van der Waals surface area contributed by atoms with Gasteiger partial charge in [-0.1, -0.05) is 48.5 Å². The van der Waals surface area contributed by atoms with Gasteiger partial charge < -0.3 is 5.32 Å². The monoisotopic (exact) mass is 431 g/mol. The molecule has 4 rings (SSSR count). The van der Waals surface area contributed by atoms with Gasteiger partial charge in [0.1, 0.15) is 5.82 Å². The minimum atomic E-state index is -0.210. The van der Waals surface area contributed by atoms with Gasteiger partial charge in [0.15, 0.2) is 0 Å². The number of piperidine rings is 1. The first-order valence-corrected chi connectivity index (χ1v) is 11.4. The van der Waals surface area contributed by atoms with E-state index in [4.69, 9.17) is 0 Å². The first-order chi connectivity index (χ1) is 15.7. The van der Waals surface area contributed by atoms with Gasteiger partial charge in [-0.25, -0.2) is 4.39 Å². The van der Waals surface area contributed by atoms with Crippen molar-refractivity contribution in [2.24, 2.45) is 5.92 Å². The van der Waals surface area contributed by atoms with Crippen molar-refractivity contribution in [3.63, 3.8) is 0 Å². The molecule has 0 unspecified atom stereocenters. The molecular weight excluding hydrogens is 401 g/mol. The number of aryl methyl sites for hydroxylation is 1. The molecule has 1 aromatic heterocycles. The molecule has 1 fully saturated rings. The molecule has 1 amide bonds. The lowest BCUT2D eigenvalue weighted by molar-refractivity contribution is -0.122. The van der Waals surface area contributed by atoms with E-state index in [1.54, 1.807) is 6.20 Å². The topological polar surface area (TPSA) is 45.2 Å². The molecule has 0 aliphatic carbocycles.